The molecular formula is C23H30ClN6O14P3. The molecule has 2 aliphatic rings. The summed E-state index contributed by atoms with van der Waals surface area (Å²) in [5, 5.41) is 10.5. The number of nitrogens with zero attached hydrogens (tertiary/aromatic N) is 4. The van der Waals surface area contributed by atoms with Crippen LogP contribution in [0.15, 0.2) is 41.5 Å². The lowest BCUT2D eigenvalue weighted by Gasteiger charge is -2.32. The van der Waals surface area contributed by atoms with Gasteiger partial charge in [0.2, 0.25) is 10.8 Å². The molecule has 0 saturated carbocycles. The second-order valence-corrected chi connectivity index (χ2v) is 17.1. The van der Waals surface area contributed by atoms with Gasteiger partial charge >= 0.3 is 23.0 Å². The number of halogens is 1. The third-order valence-corrected chi connectivity index (χ3v) is 14.1. The lowest BCUT2D eigenvalue weighted by Crippen LogP contribution is -2.43. The number of carbonyl (C=O) groups excluding carboxylic acids is 1. The first-order valence-corrected chi connectivity index (χ1v) is 18.9. The van der Waals surface area contributed by atoms with Gasteiger partial charge in [0.25, 0.3) is 11.5 Å². The van der Waals surface area contributed by atoms with E-state index in [0.29, 0.717) is 0 Å². The van der Waals surface area contributed by atoms with Crippen molar-refractivity contribution in [2.45, 2.75) is 35.8 Å². The first-order valence-electron chi connectivity index (χ1n) is 13.7. The maximum atomic E-state index is 13.2. The maximum absolute atomic E-state index is 13.2. The van der Waals surface area contributed by atoms with Crippen molar-refractivity contribution in [3.8, 4) is 0 Å². The number of aromatic amines is 1. The van der Waals surface area contributed by atoms with Crippen molar-refractivity contribution in [2.24, 2.45) is 0 Å². The highest BCUT2D eigenvalue weighted by Gasteiger charge is 2.52. The average Bonchev–Trinajstić information content (AvgIpc) is 3.61. The molecule has 7 N–H and O–H groups in total. The van der Waals surface area contributed by atoms with Crippen LogP contribution in [0.4, 0.5) is 5.95 Å². The normalized spacial score (nSPS) is 25.5. The Kier molecular flexibility index (Phi) is 10.8. The van der Waals surface area contributed by atoms with E-state index in [2.05, 4.69) is 19.3 Å². The van der Waals surface area contributed by atoms with Crippen molar-refractivity contribution >= 4 is 57.6 Å². The number of fused-ring (bicyclic) bond motifs is 1. The number of H-pyrrole nitrogens is 1. The number of aliphatic hydroxyl groups is 1. The number of amides is 1. The topological polar surface area (TPSA) is 288 Å². The summed E-state index contributed by atoms with van der Waals surface area (Å²) in [6.45, 7) is -0.194. The predicted octanol–water partition coefficient (Wildman–Crippen LogP) is 0.994. The van der Waals surface area contributed by atoms with Crippen LogP contribution >= 0.6 is 34.6 Å². The summed E-state index contributed by atoms with van der Waals surface area (Å²) in [5.74, 6) is -0.963. The Balaban J connectivity index is 1.24. The Morgan fingerprint density at radius 3 is 2.51 bits per heavy atom. The molecule has 8 atom stereocenters. The fourth-order valence-electron chi connectivity index (χ4n) is 4.78. The molecule has 258 valence electrons. The Morgan fingerprint density at radius 1 is 1.15 bits per heavy atom. The number of nitrogens with two attached hydrogens (primary N) is 1. The van der Waals surface area contributed by atoms with E-state index in [-0.39, 0.29) is 55.4 Å². The number of aromatic nitrogens is 4. The Bertz CT molecular complexity index is 1810. The molecule has 24 heteroatoms. The van der Waals surface area contributed by atoms with E-state index in [1.54, 1.807) is 6.07 Å². The number of imidazole rings is 1. The van der Waals surface area contributed by atoms with Gasteiger partial charge in [0.05, 0.1) is 32.3 Å². The summed E-state index contributed by atoms with van der Waals surface area (Å²) in [4.78, 5) is 65.2. The van der Waals surface area contributed by atoms with E-state index in [1.165, 1.54) is 40.1 Å². The number of rotatable bonds is 12. The standard InChI is InChI=1S/C23H30ClN6O14P3/c24-22(45(34,35)43-18(13-4-2-1-3-5-13)21(33)29-6-8-40-9-7-29)46(36,37)44-47(38,39)41-11-15-14(31)10-16(42-15)30-12-26-17-19(30)27-23(25)28-20(17)32/h1-5,12,14-16,18,22,31H,6-11H2,(H,34,35)(H,36,37)(H,38,39)(H3,25,27,28,32)/t14?,15?,16?,18-,22+/m0/s1. The number of hydrogen-bond donors (Lipinski definition) is 6. The summed E-state index contributed by atoms with van der Waals surface area (Å²) < 4.78 is 65.2. The van der Waals surface area contributed by atoms with E-state index in [9.17, 15) is 43.1 Å². The van der Waals surface area contributed by atoms with Crippen molar-refractivity contribution in [3.63, 3.8) is 0 Å². The highest BCUT2D eigenvalue weighted by Crippen LogP contribution is 2.73. The molecule has 3 aromatic rings. The summed E-state index contributed by atoms with van der Waals surface area (Å²) in [7, 11) is -16.7. The fourth-order valence-corrected chi connectivity index (χ4v) is 9.89. The molecule has 6 unspecified atom stereocenters. The molecule has 2 aliphatic heterocycles. The number of phosphoric acid groups is 1. The summed E-state index contributed by atoms with van der Waals surface area (Å²) in [6, 6.07) is 7.50. The van der Waals surface area contributed by atoms with E-state index in [0.717, 1.165) is 0 Å². The van der Waals surface area contributed by atoms with E-state index in [4.69, 9.17) is 35.9 Å². The van der Waals surface area contributed by atoms with Gasteiger partial charge in [-0.3, -0.25) is 37.3 Å². The van der Waals surface area contributed by atoms with Gasteiger partial charge in [-0.25, -0.2) is 13.9 Å². The van der Waals surface area contributed by atoms with Crippen molar-refractivity contribution < 1.29 is 61.1 Å². The Hall–Kier alpha value is -2.54. The molecule has 1 amide bonds. The molecular weight excluding hydrogens is 713 g/mol. The minimum absolute atomic E-state index is 0.0346. The van der Waals surface area contributed by atoms with Crippen LogP contribution in [-0.2, 0) is 41.3 Å². The molecule has 0 bridgehead atoms. The van der Waals surface area contributed by atoms with Crippen molar-refractivity contribution in [2.75, 3.05) is 38.6 Å². The zero-order valence-electron chi connectivity index (χ0n) is 24.1. The highest BCUT2D eigenvalue weighted by molar-refractivity contribution is 7.77. The van der Waals surface area contributed by atoms with Gasteiger partial charge < -0.3 is 39.9 Å². The molecule has 2 saturated heterocycles. The summed E-state index contributed by atoms with van der Waals surface area (Å²) in [5.41, 5.74) is 5.06. The first-order chi connectivity index (χ1) is 22.1. The Labute approximate surface area is 270 Å². The van der Waals surface area contributed by atoms with Crippen LogP contribution in [0.3, 0.4) is 0 Å². The number of ether oxygens (including phenoxy) is 2. The van der Waals surface area contributed by atoms with Gasteiger partial charge in [0.15, 0.2) is 17.3 Å². The van der Waals surface area contributed by atoms with Crippen LogP contribution in [0.5, 0.6) is 0 Å². The molecule has 0 radical (unpaired) electrons. The quantitative estimate of drug-likeness (QED) is 0.111. The van der Waals surface area contributed by atoms with Crippen LogP contribution in [-0.4, -0.2) is 100 Å². The number of alkyl halides is 1. The lowest BCUT2D eigenvalue weighted by molar-refractivity contribution is -0.143. The minimum atomic E-state index is -5.73. The number of hydrogen-bond acceptors (Lipinski definition) is 14. The highest BCUT2D eigenvalue weighted by atomic mass is 35.5. The summed E-state index contributed by atoms with van der Waals surface area (Å²) in [6.07, 6.45) is -4.28. The molecule has 5 rings (SSSR count). The number of nitrogens with one attached hydrogen (secondary N) is 1. The lowest BCUT2D eigenvalue weighted by atomic mass is 10.1. The Morgan fingerprint density at radius 2 is 1.83 bits per heavy atom. The van der Waals surface area contributed by atoms with E-state index >= 15 is 0 Å². The number of aliphatic hydroxyl groups excluding tert-OH is 1. The van der Waals surface area contributed by atoms with Crippen LogP contribution in [0, 0.1) is 0 Å². The number of benzene rings is 1. The van der Waals surface area contributed by atoms with Gasteiger partial charge in [0.1, 0.15) is 12.3 Å². The first kappa shape index (κ1) is 35.8. The van der Waals surface area contributed by atoms with Crippen molar-refractivity contribution in [3.05, 3.63) is 52.6 Å². The molecule has 2 fully saturated rings. The van der Waals surface area contributed by atoms with Gasteiger partial charge in [-0.2, -0.15) is 4.98 Å². The molecule has 0 aliphatic carbocycles. The molecule has 2 aromatic heterocycles. The van der Waals surface area contributed by atoms with Crippen molar-refractivity contribution in [1.29, 1.82) is 0 Å². The number of nitrogen functional groups attached to an aromatic ring is 1. The SMILES string of the molecule is Nc1nc2c(ncn2C2CC(O)C(COP(=O)(O)OP(=O)(O)[C@H](Cl)P(=O)(O)O[C@H](C(=O)N3CCOCC3)c3ccccc3)O2)c(=O)[nH]1. The monoisotopic (exact) mass is 742 g/mol. The molecule has 1 aromatic carbocycles. The number of morpholine rings is 1. The number of anilines is 1. The maximum Gasteiger partial charge on any atom is 0.479 e. The minimum Gasteiger partial charge on any atom is -0.390 e. The molecule has 47 heavy (non-hydrogen) atoms. The van der Waals surface area contributed by atoms with Crippen molar-refractivity contribution in [1.82, 2.24) is 24.4 Å². The van der Waals surface area contributed by atoms with Gasteiger partial charge in [-0.05, 0) is 5.56 Å². The predicted molar refractivity (Wildman–Crippen MR) is 161 cm³/mol. The summed E-state index contributed by atoms with van der Waals surface area (Å²) >= 11 is 5.87. The van der Waals surface area contributed by atoms with E-state index < -0.39 is 70.5 Å². The number of phosphoric ester groups is 1. The van der Waals surface area contributed by atoms with Gasteiger partial charge in [-0.15, -0.1) is 0 Å². The smallest absolute Gasteiger partial charge is 0.390 e. The van der Waals surface area contributed by atoms with Crippen LogP contribution in [0.1, 0.15) is 24.3 Å². The second kappa shape index (κ2) is 14.1. The molecule has 4 heterocycles. The van der Waals surface area contributed by atoms with Gasteiger partial charge in [-0.1, -0.05) is 41.9 Å². The number of carbonyl (C=O) groups is 1. The van der Waals surface area contributed by atoms with Crippen LogP contribution < -0.4 is 11.3 Å². The average molecular weight is 743 g/mol. The zero-order valence-corrected chi connectivity index (χ0v) is 27.5. The molecule has 20 nitrogen and oxygen atoms in total. The molecule has 0 spiro atoms. The van der Waals surface area contributed by atoms with Crippen LogP contribution in [0.2, 0.25) is 0 Å². The fraction of sp³-hybridized carbons (Fsp3) is 0.478. The zero-order chi connectivity index (χ0) is 34.1. The van der Waals surface area contributed by atoms with E-state index in [1.807, 2.05) is 0 Å². The third kappa shape index (κ3) is 8.20. The third-order valence-electron chi connectivity index (χ3n) is 7.03. The second-order valence-electron chi connectivity index (χ2n) is 10.3. The largest absolute Gasteiger partial charge is 0.479 e. The van der Waals surface area contributed by atoms with Crippen LogP contribution in [0.25, 0.3) is 11.2 Å². The van der Waals surface area contributed by atoms with Gasteiger partial charge in [0, 0.05) is 19.5 Å².